The third kappa shape index (κ3) is 3.66. The minimum absolute atomic E-state index is 0.156. The van der Waals surface area contributed by atoms with Gasteiger partial charge in [0.05, 0.1) is 12.7 Å². The zero-order valence-electron chi connectivity index (χ0n) is 11.7. The van der Waals surface area contributed by atoms with Gasteiger partial charge in [0.25, 0.3) is 5.91 Å². The highest BCUT2D eigenvalue weighted by molar-refractivity contribution is 5.96. The number of hydrogen-bond donors (Lipinski definition) is 3. The molecule has 21 heavy (non-hydrogen) atoms. The SMILES string of the molecule is COc1ccccc1C(=O)NCCc1ccc(O)c(O)c1. The lowest BCUT2D eigenvalue weighted by Crippen LogP contribution is -2.26. The zero-order chi connectivity index (χ0) is 15.2. The molecule has 0 saturated heterocycles. The van der Waals surface area contributed by atoms with Crippen molar-refractivity contribution < 1.29 is 19.7 Å². The first-order chi connectivity index (χ1) is 10.1. The number of ether oxygens (including phenoxy) is 1. The van der Waals surface area contributed by atoms with E-state index in [-0.39, 0.29) is 17.4 Å². The van der Waals surface area contributed by atoms with Crippen LogP contribution in [0.4, 0.5) is 0 Å². The normalized spacial score (nSPS) is 10.1. The lowest BCUT2D eigenvalue weighted by Gasteiger charge is -2.09. The number of methoxy groups -OCH3 is 1. The monoisotopic (exact) mass is 287 g/mol. The van der Waals surface area contributed by atoms with E-state index in [2.05, 4.69) is 5.32 Å². The number of nitrogens with one attached hydrogen (secondary N) is 1. The van der Waals surface area contributed by atoms with Gasteiger partial charge in [0.2, 0.25) is 0 Å². The summed E-state index contributed by atoms with van der Waals surface area (Å²) in [5.74, 6) is -0.00640. The lowest BCUT2D eigenvalue weighted by molar-refractivity contribution is 0.0951. The maximum absolute atomic E-state index is 12.1. The highest BCUT2D eigenvalue weighted by atomic mass is 16.5. The molecule has 3 N–H and O–H groups in total. The molecule has 0 aliphatic carbocycles. The Bertz CT molecular complexity index is 640. The van der Waals surface area contributed by atoms with E-state index in [0.29, 0.717) is 24.3 Å². The number of benzene rings is 2. The van der Waals surface area contributed by atoms with Gasteiger partial charge in [0.1, 0.15) is 5.75 Å². The summed E-state index contributed by atoms with van der Waals surface area (Å²) in [6.45, 7) is 0.418. The second kappa shape index (κ2) is 6.65. The van der Waals surface area contributed by atoms with Crippen LogP contribution in [0.3, 0.4) is 0 Å². The number of aromatic hydroxyl groups is 2. The first kappa shape index (κ1) is 14.7. The lowest BCUT2D eigenvalue weighted by atomic mass is 10.1. The fourth-order valence-corrected chi connectivity index (χ4v) is 1.97. The van der Waals surface area contributed by atoms with Crippen molar-refractivity contribution in [1.29, 1.82) is 0 Å². The summed E-state index contributed by atoms with van der Waals surface area (Å²) < 4.78 is 5.14. The van der Waals surface area contributed by atoms with Gasteiger partial charge in [-0.2, -0.15) is 0 Å². The molecule has 2 rings (SSSR count). The number of rotatable bonds is 5. The Labute approximate surface area is 122 Å². The fraction of sp³-hybridized carbons (Fsp3) is 0.188. The van der Waals surface area contributed by atoms with E-state index in [1.54, 1.807) is 30.3 Å². The molecular weight excluding hydrogens is 270 g/mol. The zero-order valence-corrected chi connectivity index (χ0v) is 11.7. The third-order valence-electron chi connectivity index (χ3n) is 3.09. The van der Waals surface area contributed by atoms with Gasteiger partial charge in [0.15, 0.2) is 11.5 Å². The van der Waals surface area contributed by atoms with Crippen molar-refractivity contribution in [3.05, 3.63) is 53.6 Å². The van der Waals surface area contributed by atoms with Crippen LogP contribution >= 0.6 is 0 Å². The molecule has 0 aromatic heterocycles. The summed E-state index contributed by atoms with van der Waals surface area (Å²) in [5, 5.41) is 21.4. The van der Waals surface area contributed by atoms with E-state index in [0.717, 1.165) is 5.56 Å². The molecule has 0 aliphatic rings. The van der Waals surface area contributed by atoms with Gasteiger partial charge in [0, 0.05) is 6.54 Å². The maximum atomic E-state index is 12.1. The number of phenolic OH excluding ortho intramolecular Hbond substituents is 2. The Hall–Kier alpha value is -2.69. The molecule has 0 spiro atoms. The van der Waals surface area contributed by atoms with Gasteiger partial charge in [-0.15, -0.1) is 0 Å². The molecule has 0 saturated carbocycles. The molecular formula is C16H17NO4. The van der Waals surface area contributed by atoms with Crippen LogP contribution in [0.25, 0.3) is 0 Å². The smallest absolute Gasteiger partial charge is 0.255 e. The van der Waals surface area contributed by atoms with E-state index < -0.39 is 0 Å². The number of amides is 1. The Balaban J connectivity index is 1.93. The van der Waals surface area contributed by atoms with Crippen molar-refractivity contribution in [1.82, 2.24) is 5.32 Å². The third-order valence-corrected chi connectivity index (χ3v) is 3.09. The summed E-state index contributed by atoms with van der Waals surface area (Å²) in [6, 6.07) is 11.6. The van der Waals surface area contributed by atoms with Crippen molar-refractivity contribution >= 4 is 5.91 Å². The molecule has 0 radical (unpaired) electrons. The summed E-state index contributed by atoms with van der Waals surface area (Å²) in [6.07, 6.45) is 0.550. The maximum Gasteiger partial charge on any atom is 0.255 e. The molecule has 0 heterocycles. The van der Waals surface area contributed by atoms with E-state index in [1.165, 1.54) is 19.2 Å². The van der Waals surface area contributed by atoms with Gasteiger partial charge in [-0.1, -0.05) is 18.2 Å². The molecule has 2 aromatic rings. The van der Waals surface area contributed by atoms with Gasteiger partial charge in [-0.05, 0) is 36.2 Å². The molecule has 0 unspecified atom stereocenters. The summed E-state index contributed by atoms with van der Waals surface area (Å²) >= 11 is 0. The first-order valence-electron chi connectivity index (χ1n) is 6.54. The van der Waals surface area contributed by atoms with Crippen LogP contribution in [-0.2, 0) is 6.42 Å². The highest BCUT2D eigenvalue weighted by Gasteiger charge is 2.10. The molecule has 0 bridgehead atoms. The number of para-hydroxylation sites is 1. The summed E-state index contributed by atoms with van der Waals surface area (Å²) in [4.78, 5) is 12.1. The Morgan fingerprint density at radius 3 is 2.62 bits per heavy atom. The van der Waals surface area contributed by atoms with Crippen LogP contribution in [0.2, 0.25) is 0 Å². The van der Waals surface area contributed by atoms with Crippen molar-refractivity contribution in [2.24, 2.45) is 0 Å². The average molecular weight is 287 g/mol. The van der Waals surface area contributed by atoms with Crippen LogP contribution in [0.5, 0.6) is 17.2 Å². The molecule has 5 nitrogen and oxygen atoms in total. The largest absolute Gasteiger partial charge is 0.504 e. The van der Waals surface area contributed by atoms with Gasteiger partial charge in [-0.3, -0.25) is 4.79 Å². The predicted molar refractivity (Wildman–Crippen MR) is 78.8 cm³/mol. The van der Waals surface area contributed by atoms with E-state index in [9.17, 15) is 15.0 Å². The number of carbonyl (C=O) groups excluding carboxylic acids is 1. The average Bonchev–Trinajstić information content (AvgIpc) is 2.50. The second-order valence-corrected chi connectivity index (χ2v) is 4.53. The quantitative estimate of drug-likeness (QED) is 0.736. The minimum atomic E-state index is -0.213. The molecule has 0 atom stereocenters. The molecule has 110 valence electrons. The fourth-order valence-electron chi connectivity index (χ4n) is 1.97. The second-order valence-electron chi connectivity index (χ2n) is 4.53. The highest BCUT2D eigenvalue weighted by Crippen LogP contribution is 2.24. The predicted octanol–water partition coefficient (Wildman–Crippen LogP) is 2.08. The van der Waals surface area contributed by atoms with E-state index in [4.69, 9.17) is 4.74 Å². The van der Waals surface area contributed by atoms with Crippen LogP contribution in [-0.4, -0.2) is 29.8 Å². The van der Waals surface area contributed by atoms with Crippen LogP contribution < -0.4 is 10.1 Å². The number of carbonyl (C=O) groups is 1. The minimum Gasteiger partial charge on any atom is -0.504 e. The van der Waals surface area contributed by atoms with Crippen molar-refractivity contribution in [2.45, 2.75) is 6.42 Å². The van der Waals surface area contributed by atoms with Gasteiger partial charge in [-0.25, -0.2) is 0 Å². The van der Waals surface area contributed by atoms with Crippen LogP contribution in [0.15, 0.2) is 42.5 Å². The topological polar surface area (TPSA) is 78.8 Å². The van der Waals surface area contributed by atoms with Crippen LogP contribution in [0, 0.1) is 0 Å². The molecule has 5 heteroatoms. The van der Waals surface area contributed by atoms with Crippen LogP contribution in [0.1, 0.15) is 15.9 Å². The summed E-state index contributed by atoms with van der Waals surface area (Å²) in [5.41, 5.74) is 1.30. The van der Waals surface area contributed by atoms with E-state index in [1.807, 2.05) is 0 Å². The molecule has 0 aliphatic heterocycles. The summed E-state index contributed by atoms with van der Waals surface area (Å²) in [7, 11) is 1.52. The van der Waals surface area contributed by atoms with E-state index >= 15 is 0 Å². The number of phenols is 2. The van der Waals surface area contributed by atoms with Gasteiger partial charge < -0.3 is 20.3 Å². The van der Waals surface area contributed by atoms with Crippen molar-refractivity contribution in [3.8, 4) is 17.2 Å². The Kier molecular flexibility index (Phi) is 4.66. The van der Waals surface area contributed by atoms with Gasteiger partial charge >= 0.3 is 0 Å². The Morgan fingerprint density at radius 1 is 1.14 bits per heavy atom. The standard InChI is InChI=1S/C16H17NO4/c1-21-15-5-3-2-4-12(15)16(20)17-9-8-11-6-7-13(18)14(19)10-11/h2-7,10,18-19H,8-9H2,1H3,(H,17,20). The molecule has 1 amide bonds. The first-order valence-corrected chi connectivity index (χ1v) is 6.54. The molecule has 2 aromatic carbocycles. The van der Waals surface area contributed by atoms with Crippen molar-refractivity contribution in [3.63, 3.8) is 0 Å². The Morgan fingerprint density at radius 2 is 1.90 bits per heavy atom. The molecule has 0 fully saturated rings. The van der Waals surface area contributed by atoms with Crippen molar-refractivity contribution in [2.75, 3.05) is 13.7 Å². The number of hydrogen-bond acceptors (Lipinski definition) is 4.